The minimum atomic E-state index is -0.324. The maximum atomic E-state index is 13.1. The monoisotopic (exact) mass is 314 g/mol. The predicted octanol–water partition coefficient (Wildman–Crippen LogP) is 4.24. The van der Waals surface area contributed by atoms with Crippen LogP contribution in [0.3, 0.4) is 0 Å². The fourth-order valence-corrected chi connectivity index (χ4v) is 2.36. The first-order valence-corrected chi connectivity index (χ1v) is 7.94. The standard InChI is InChI=1S/C19H23FN2O/c1-3-4-12-22(2)18-10-8-17(9-11-18)21-19(23)14-15-6-5-7-16(20)13-15/h5-11,13H,3-4,12,14H2,1-2H3,(H,21,23). The van der Waals surface area contributed by atoms with Crippen molar-refractivity contribution in [3.05, 3.63) is 59.9 Å². The molecule has 4 heteroatoms. The molecule has 0 saturated carbocycles. The molecule has 1 amide bonds. The fraction of sp³-hybridized carbons (Fsp3) is 0.316. The van der Waals surface area contributed by atoms with Crippen molar-refractivity contribution in [2.75, 3.05) is 23.8 Å². The number of hydrogen-bond donors (Lipinski definition) is 1. The van der Waals surface area contributed by atoms with Gasteiger partial charge in [0.05, 0.1) is 6.42 Å². The highest BCUT2D eigenvalue weighted by Gasteiger charge is 2.06. The second-order valence-corrected chi connectivity index (χ2v) is 5.68. The molecule has 3 nitrogen and oxygen atoms in total. The first-order valence-electron chi connectivity index (χ1n) is 7.94. The van der Waals surface area contributed by atoms with Crippen molar-refractivity contribution < 1.29 is 9.18 Å². The number of halogens is 1. The fourth-order valence-electron chi connectivity index (χ4n) is 2.36. The summed E-state index contributed by atoms with van der Waals surface area (Å²) in [7, 11) is 2.06. The number of hydrogen-bond acceptors (Lipinski definition) is 2. The molecule has 0 radical (unpaired) electrons. The van der Waals surface area contributed by atoms with Crippen molar-refractivity contribution in [2.24, 2.45) is 0 Å². The van der Waals surface area contributed by atoms with Gasteiger partial charge in [-0.25, -0.2) is 4.39 Å². The number of amides is 1. The van der Waals surface area contributed by atoms with Gasteiger partial charge in [-0.15, -0.1) is 0 Å². The van der Waals surface area contributed by atoms with E-state index in [0.717, 1.165) is 24.3 Å². The highest BCUT2D eigenvalue weighted by Crippen LogP contribution is 2.17. The van der Waals surface area contributed by atoms with E-state index < -0.39 is 0 Å². The van der Waals surface area contributed by atoms with Crippen molar-refractivity contribution in [2.45, 2.75) is 26.2 Å². The molecule has 0 aliphatic heterocycles. The van der Waals surface area contributed by atoms with E-state index in [1.165, 1.54) is 18.6 Å². The van der Waals surface area contributed by atoms with Crippen LogP contribution in [0.1, 0.15) is 25.3 Å². The molecule has 0 atom stereocenters. The summed E-state index contributed by atoms with van der Waals surface area (Å²) >= 11 is 0. The molecular formula is C19H23FN2O. The summed E-state index contributed by atoms with van der Waals surface area (Å²) in [6.45, 7) is 3.19. The third kappa shape index (κ3) is 5.40. The van der Waals surface area contributed by atoms with Crippen LogP contribution in [-0.2, 0) is 11.2 Å². The van der Waals surface area contributed by atoms with Crippen molar-refractivity contribution in [3.63, 3.8) is 0 Å². The van der Waals surface area contributed by atoms with Gasteiger partial charge in [0.2, 0.25) is 5.91 Å². The zero-order valence-electron chi connectivity index (χ0n) is 13.7. The average Bonchev–Trinajstić information content (AvgIpc) is 2.53. The zero-order chi connectivity index (χ0) is 16.7. The van der Waals surface area contributed by atoms with E-state index in [2.05, 4.69) is 24.2 Å². The van der Waals surface area contributed by atoms with Crippen LogP contribution in [0, 0.1) is 5.82 Å². The Morgan fingerprint density at radius 3 is 2.57 bits per heavy atom. The molecule has 0 aliphatic carbocycles. The Morgan fingerprint density at radius 2 is 1.91 bits per heavy atom. The highest BCUT2D eigenvalue weighted by atomic mass is 19.1. The first kappa shape index (κ1) is 17.0. The lowest BCUT2D eigenvalue weighted by molar-refractivity contribution is -0.115. The lowest BCUT2D eigenvalue weighted by Gasteiger charge is -2.19. The Labute approximate surface area is 137 Å². The molecule has 1 N–H and O–H groups in total. The summed E-state index contributed by atoms with van der Waals surface area (Å²) in [6, 6.07) is 13.9. The van der Waals surface area contributed by atoms with Crippen LogP contribution in [0.4, 0.5) is 15.8 Å². The molecule has 2 aromatic carbocycles. The van der Waals surface area contributed by atoms with Gasteiger partial charge < -0.3 is 10.2 Å². The van der Waals surface area contributed by atoms with Crippen LogP contribution in [0.5, 0.6) is 0 Å². The van der Waals surface area contributed by atoms with Crippen LogP contribution in [0.2, 0.25) is 0 Å². The highest BCUT2D eigenvalue weighted by molar-refractivity contribution is 5.92. The van der Waals surface area contributed by atoms with Gasteiger partial charge in [0.1, 0.15) is 5.82 Å². The summed E-state index contributed by atoms with van der Waals surface area (Å²) < 4.78 is 13.1. The molecular weight excluding hydrogens is 291 g/mol. The number of carbonyl (C=O) groups excluding carboxylic acids is 1. The predicted molar refractivity (Wildman–Crippen MR) is 93.4 cm³/mol. The van der Waals surface area contributed by atoms with Crippen LogP contribution >= 0.6 is 0 Å². The number of unbranched alkanes of at least 4 members (excludes halogenated alkanes) is 1. The van der Waals surface area contributed by atoms with Gasteiger partial charge in [-0.3, -0.25) is 4.79 Å². The Balaban J connectivity index is 1.91. The number of carbonyl (C=O) groups is 1. The van der Waals surface area contributed by atoms with Gasteiger partial charge in [0.25, 0.3) is 0 Å². The molecule has 122 valence electrons. The molecule has 2 rings (SSSR count). The van der Waals surface area contributed by atoms with Gasteiger partial charge in [0.15, 0.2) is 0 Å². The van der Waals surface area contributed by atoms with E-state index in [1.54, 1.807) is 12.1 Å². The van der Waals surface area contributed by atoms with Crippen molar-refractivity contribution in [3.8, 4) is 0 Å². The lowest BCUT2D eigenvalue weighted by Crippen LogP contribution is -2.18. The van der Waals surface area contributed by atoms with Gasteiger partial charge >= 0.3 is 0 Å². The molecule has 0 spiro atoms. The summed E-state index contributed by atoms with van der Waals surface area (Å²) in [5.41, 5.74) is 2.54. The molecule has 0 aromatic heterocycles. The van der Waals surface area contributed by atoms with Crippen LogP contribution in [-0.4, -0.2) is 19.5 Å². The number of nitrogens with one attached hydrogen (secondary N) is 1. The maximum Gasteiger partial charge on any atom is 0.228 e. The number of anilines is 2. The third-order valence-electron chi connectivity index (χ3n) is 3.69. The van der Waals surface area contributed by atoms with E-state index in [-0.39, 0.29) is 18.1 Å². The van der Waals surface area contributed by atoms with Gasteiger partial charge in [0, 0.05) is 25.0 Å². The maximum absolute atomic E-state index is 13.1. The SMILES string of the molecule is CCCCN(C)c1ccc(NC(=O)Cc2cccc(F)c2)cc1. The summed E-state index contributed by atoms with van der Waals surface area (Å²) in [6.07, 6.45) is 2.48. The Bertz CT molecular complexity index is 640. The van der Waals surface area contributed by atoms with Crippen LogP contribution < -0.4 is 10.2 Å². The Morgan fingerprint density at radius 1 is 1.17 bits per heavy atom. The summed E-state index contributed by atoms with van der Waals surface area (Å²) in [4.78, 5) is 14.2. The lowest BCUT2D eigenvalue weighted by atomic mass is 10.1. The number of nitrogens with zero attached hydrogens (tertiary/aromatic N) is 1. The summed E-state index contributed by atoms with van der Waals surface area (Å²) in [5, 5.41) is 2.84. The molecule has 0 unspecified atom stereocenters. The van der Waals surface area contributed by atoms with E-state index in [4.69, 9.17) is 0 Å². The zero-order valence-corrected chi connectivity index (χ0v) is 13.7. The largest absolute Gasteiger partial charge is 0.375 e. The van der Waals surface area contributed by atoms with Gasteiger partial charge in [-0.05, 0) is 48.4 Å². The first-order chi connectivity index (χ1) is 11.1. The summed E-state index contributed by atoms with van der Waals surface area (Å²) in [5.74, 6) is -0.475. The quantitative estimate of drug-likeness (QED) is 0.829. The van der Waals surface area contributed by atoms with Crippen molar-refractivity contribution >= 4 is 17.3 Å². The van der Waals surface area contributed by atoms with E-state index >= 15 is 0 Å². The smallest absolute Gasteiger partial charge is 0.228 e. The molecule has 0 fully saturated rings. The minimum Gasteiger partial charge on any atom is -0.375 e. The molecule has 0 heterocycles. The Hall–Kier alpha value is -2.36. The Kier molecular flexibility index (Phi) is 6.15. The average molecular weight is 314 g/mol. The van der Waals surface area contributed by atoms with Crippen molar-refractivity contribution in [1.29, 1.82) is 0 Å². The molecule has 23 heavy (non-hydrogen) atoms. The van der Waals surface area contributed by atoms with E-state index in [0.29, 0.717) is 5.56 Å². The van der Waals surface area contributed by atoms with Crippen LogP contribution in [0.15, 0.2) is 48.5 Å². The molecule has 0 saturated heterocycles. The van der Waals surface area contributed by atoms with Crippen molar-refractivity contribution in [1.82, 2.24) is 0 Å². The molecule has 0 aliphatic rings. The second-order valence-electron chi connectivity index (χ2n) is 5.68. The number of benzene rings is 2. The van der Waals surface area contributed by atoms with Gasteiger partial charge in [-0.2, -0.15) is 0 Å². The van der Waals surface area contributed by atoms with Crippen LogP contribution in [0.25, 0.3) is 0 Å². The van der Waals surface area contributed by atoms with Gasteiger partial charge in [-0.1, -0.05) is 25.5 Å². The second kappa shape index (κ2) is 8.32. The van der Waals surface area contributed by atoms with E-state index in [9.17, 15) is 9.18 Å². The minimum absolute atomic E-state index is 0.150. The molecule has 0 bridgehead atoms. The topological polar surface area (TPSA) is 32.3 Å². The molecule has 2 aromatic rings. The number of rotatable bonds is 7. The van der Waals surface area contributed by atoms with E-state index in [1.807, 2.05) is 24.3 Å². The third-order valence-corrected chi connectivity index (χ3v) is 3.69. The normalized spacial score (nSPS) is 10.4.